The fourth-order valence-corrected chi connectivity index (χ4v) is 2.75. The van der Waals surface area contributed by atoms with Gasteiger partial charge in [0.1, 0.15) is 11.6 Å². The molecular weight excluding hydrogens is 317 g/mol. The molecule has 2 heterocycles. The number of halogens is 2. The van der Waals surface area contributed by atoms with Gasteiger partial charge in [-0.1, -0.05) is 24.3 Å². The van der Waals surface area contributed by atoms with Crippen molar-refractivity contribution in [3.05, 3.63) is 53.8 Å². The maximum Gasteiger partial charge on any atom is 0.138 e. The van der Waals surface area contributed by atoms with Crippen LogP contribution in [0.2, 0.25) is 0 Å². The minimum atomic E-state index is -0.264. The van der Waals surface area contributed by atoms with Gasteiger partial charge in [0.05, 0.1) is 23.7 Å². The Hall–Kier alpha value is -1.95. The molecule has 1 saturated heterocycles. The number of rotatable bonds is 2. The molecule has 0 amide bonds. The monoisotopic (exact) mass is 333 g/mol. The Balaban J connectivity index is 0.00000156. The molecule has 1 aromatic heterocycles. The zero-order valence-electron chi connectivity index (χ0n) is 12.4. The zero-order chi connectivity index (χ0) is 14.9. The van der Waals surface area contributed by atoms with Gasteiger partial charge in [-0.3, -0.25) is 0 Å². The highest BCUT2D eigenvalue weighted by molar-refractivity contribution is 5.85. The van der Waals surface area contributed by atoms with Crippen LogP contribution in [0.1, 0.15) is 11.7 Å². The zero-order valence-corrected chi connectivity index (χ0v) is 13.2. The van der Waals surface area contributed by atoms with E-state index in [-0.39, 0.29) is 24.3 Å². The molecule has 2 aromatic carbocycles. The van der Waals surface area contributed by atoms with Crippen LogP contribution in [0.4, 0.5) is 4.39 Å². The molecule has 3 aromatic rings. The fourth-order valence-electron chi connectivity index (χ4n) is 2.75. The van der Waals surface area contributed by atoms with Gasteiger partial charge in [0.25, 0.3) is 0 Å². The van der Waals surface area contributed by atoms with Gasteiger partial charge in [0.2, 0.25) is 0 Å². The van der Waals surface area contributed by atoms with Gasteiger partial charge in [-0.15, -0.1) is 12.4 Å². The summed E-state index contributed by atoms with van der Waals surface area (Å²) < 4.78 is 19.0. The smallest absolute Gasteiger partial charge is 0.138 e. The first-order valence-electron chi connectivity index (χ1n) is 7.37. The topological polar surface area (TPSA) is 49.9 Å². The minimum Gasteiger partial charge on any atom is -0.371 e. The molecule has 2 N–H and O–H groups in total. The summed E-state index contributed by atoms with van der Waals surface area (Å²) in [5, 5.41) is 3.32. The van der Waals surface area contributed by atoms with Crippen LogP contribution >= 0.6 is 12.4 Å². The third-order valence-corrected chi connectivity index (χ3v) is 3.93. The Morgan fingerprint density at radius 1 is 1.13 bits per heavy atom. The van der Waals surface area contributed by atoms with E-state index < -0.39 is 0 Å². The highest BCUT2D eigenvalue weighted by Gasteiger charge is 2.15. The van der Waals surface area contributed by atoms with Gasteiger partial charge in [-0.2, -0.15) is 0 Å². The number of fused-ring (bicyclic) bond motifs is 1. The molecule has 0 unspecified atom stereocenters. The molecule has 0 saturated carbocycles. The number of aromatic amines is 1. The fraction of sp³-hybridized carbons (Fsp3) is 0.235. The van der Waals surface area contributed by atoms with Gasteiger partial charge < -0.3 is 15.0 Å². The number of morpholine rings is 1. The van der Waals surface area contributed by atoms with E-state index in [2.05, 4.69) is 27.4 Å². The van der Waals surface area contributed by atoms with Gasteiger partial charge in [-0.25, -0.2) is 9.37 Å². The number of hydrogen-bond acceptors (Lipinski definition) is 3. The third kappa shape index (κ3) is 3.22. The molecule has 23 heavy (non-hydrogen) atoms. The van der Waals surface area contributed by atoms with E-state index in [0.29, 0.717) is 5.52 Å². The Bertz CT molecular complexity index is 797. The molecule has 0 aliphatic carbocycles. The van der Waals surface area contributed by atoms with Gasteiger partial charge in [0.15, 0.2) is 0 Å². The number of imidazole rings is 1. The molecule has 1 aliphatic heterocycles. The maximum absolute atomic E-state index is 13.2. The van der Waals surface area contributed by atoms with E-state index in [9.17, 15) is 4.39 Å². The van der Waals surface area contributed by atoms with E-state index in [0.717, 1.165) is 42.2 Å². The normalized spacial score (nSPS) is 17.9. The van der Waals surface area contributed by atoms with Crippen LogP contribution in [-0.4, -0.2) is 29.7 Å². The van der Waals surface area contributed by atoms with Crippen molar-refractivity contribution in [2.75, 3.05) is 19.7 Å². The number of H-pyrrole nitrogens is 1. The second-order valence-corrected chi connectivity index (χ2v) is 5.43. The highest BCUT2D eigenvalue weighted by atomic mass is 35.5. The van der Waals surface area contributed by atoms with Crippen LogP contribution < -0.4 is 5.32 Å². The SMILES string of the molecule is Cl.Fc1ccc2nc(-c3ccc([C@H]4CNCCO4)cc3)[nH]c2c1. The summed E-state index contributed by atoms with van der Waals surface area (Å²) in [4.78, 5) is 7.66. The largest absolute Gasteiger partial charge is 0.371 e. The quantitative estimate of drug-likeness (QED) is 0.755. The van der Waals surface area contributed by atoms with Crippen molar-refractivity contribution in [3.8, 4) is 11.4 Å². The number of nitrogens with one attached hydrogen (secondary N) is 2. The Labute approximate surface area is 139 Å². The maximum atomic E-state index is 13.2. The Morgan fingerprint density at radius 3 is 2.70 bits per heavy atom. The highest BCUT2D eigenvalue weighted by Crippen LogP contribution is 2.24. The molecule has 1 aliphatic rings. The summed E-state index contributed by atoms with van der Waals surface area (Å²) in [6, 6.07) is 12.7. The first-order chi connectivity index (χ1) is 10.8. The summed E-state index contributed by atoms with van der Waals surface area (Å²) >= 11 is 0. The first-order valence-corrected chi connectivity index (χ1v) is 7.37. The predicted octanol–water partition coefficient (Wildman–Crippen LogP) is 3.45. The van der Waals surface area contributed by atoms with Crippen LogP contribution in [0.15, 0.2) is 42.5 Å². The second kappa shape index (κ2) is 6.66. The molecule has 0 spiro atoms. The summed E-state index contributed by atoms with van der Waals surface area (Å²) in [6.07, 6.45) is 0.104. The number of benzene rings is 2. The molecule has 0 radical (unpaired) electrons. The van der Waals surface area contributed by atoms with Gasteiger partial charge in [-0.05, 0) is 23.8 Å². The first kappa shape index (κ1) is 15.9. The lowest BCUT2D eigenvalue weighted by atomic mass is 10.1. The summed E-state index contributed by atoms with van der Waals surface area (Å²) in [5.74, 6) is 0.481. The number of ether oxygens (including phenoxy) is 1. The van der Waals surface area contributed by atoms with E-state index in [1.165, 1.54) is 12.1 Å². The lowest BCUT2D eigenvalue weighted by Crippen LogP contribution is -2.33. The van der Waals surface area contributed by atoms with Crippen LogP contribution in [0.25, 0.3) is 22.4 Å². The van der Waals surface area contributed by atoms with Crippen molar-refractivity contribution >= 4 is 23.4 Å². The summed E-state index contributed by atoms with van der Waals surface area (Å²) in [7, 11) is 0. The average molecular weight is 334 g/mol. The molecule has 1 atom stereocenters. The van der Waals surface area contributed by atoms with Crippen LogP contribution in [0, 0.1) is 5.82 Å². The summed E-state index contributed by atoms with van der Waals surface area (Å²) in [6.45, 7) is 2.48. The van der Waals surface area contributed by atoms with Crippen molar-refractivity contribution < 1.29 is 9.13 Å². The van der Waals surface area contributed by atoms with E-state index >= 15 is 0 Å². The third-order valence-electron chi connectivity index (χ3n) is 3.93. The molecule has 4 nitrogen and oxygen atoms in total. The van der Waals surface area contributed by atoms with Crippen molar-refractivity contribution in [1.82, 2.24) is 15.3 Å². The standard InChI is InChI=1S/C17H16FN3O.ClH/c18-13-5-6-14-15(9-13)21-17(20-14)12-3-1-11(2-4-12)16-10-19-7-8-22-16;/h1-6,9,16,19H,7-8,10H2,(H,20,21);1H/t16-;/m1./s1. The molecule has 6 heteroatoms. The molecule has 1 fully saturated rings. The van der Waals surface area contributed by atoms with Crippen molar-refractivity contribution in [2.24, 2.45) is 0 Å². The Morgan fingerprint density at radius 2 is 1.96 bits per heavy atom. The van der Waals surface area contributed by atoms with Crippen molar-refractivity contribution in [1.29, 1.82) is 0 Å². The molecule has 120 valence electrons. The van der Waals surface area contributed by atoms with Crippen LogP contribution in [0.5, 0.6) is 0 Å². The molecule has 4 rings (SSSR count). The number of hydrogen-bond donors (Lipinski definition) is 2. The molecular formula is C17H17ClFN3O. The van der Waals surface area contributed by atoms with E-state index in [1.807, 2.05) is 12.1 Å². The number of nitrogens with zero attached hydrogens (tertiary/aromatic N) is 1. The van der Waals surface area contributed by atoms with Gasteiger partial charge in [0, 0.05) is 18.7 Å². The van der Waals surface area contributed by atoms with Crippen molar-refractivity contribution in [2.45, 2.75) is 6.10 Å². The van der Waals surface area contributed by atoms with Crippen LogP contribution in [0.3, 0.4) is 0 Å². The van der Waals surface area contributed by atoms with Gasteiger partial charge >= 0.3 is 0 Å². The Kier molecular flexibility index (Phi) is 4.61. The second-order valence-electron chi connectivity index (χ2n) is 5.43. The average Bonchev–Trinajstić information content (AvgIpc) is 2.99. The van der Waals surface area contributed by atoms with E-state index in [4.69, 9.17) is 4.74 Å². The predicted molar refractivity (Wildman–Crippen MR) is 90.3 cm³/mol. The summed E-state index contributed by atoms with van der Waals surface area (Å²) in [5.41, 5.74) is 3.60. The lowest BCUT2D eigenvalue weighted by molar-refractivity contribution is 0.0277. The number of aromatic nitrogens is 2. The molecule has 0 bridgehead atoms. The van der Waals surface area contributed by atoms with Crippen molar-refractivity contribution in [3.63, 3.8) is 0 Å². The van der Waals surface area contributed by atoms with Crippen LogP contribution in [-0.2, 0) is 4.74 Å². The minimum absolute atomic E-state index is 0. The van der Waals surface area contributed by atoms with E-state index in [1.54, 1.807) is 6.07 Å². The lowest BCUT2D eigenvalue weighted by Gasteiger charge is -2.24.